The fraction of sp³-hybridized carbons (Fsp3) is 0.800. The van der Waals surface area contributed by atoms with E-state index in [2.05, 4.69) is 0 Å². The largest absolute Gasteiger partial charge is 3.00 e. The summed E-state index contributed by atoms with van der Waals surface area (Å²) in [5, 5.41) is 29.6. The van der Waals surface area contributed by atoms with Gasteiger partial charge in [0.05, 0.1) is 0 Å². The van der Waals surface area contributed by atoms with Crippen LogP contribution >= 0.6 is 0 Å². The molecule has 3 aliphatic rings. The van der Waals surface area contributed by atoms with Crippen molar-refractivity contribution >= 4 is 37.7 Å². The Kier molecular flexibility index (Phi) is 10.3. The van der Waals surface area contributed by atoms with Crippen LogP contribution < -0.4 is 15.3 Å². The molecule has 0 bridgehead atoms. The summed E-state index contributed by atoms with van der Waals surface area (Å²) in [6.07, 6.45) is 8.22. The van der Waals surface area contributed by atoms with Crippen molar-refractivity contribution in [3.8, 4) is 0 Å². The first kappa shape index (κ1) is 21.0. The van der Waals surface area contributed by atoms with E-state index < -0.39 is 17.9 Å². The van der Waals surface area contributed by atoms with Gasteiger partial charge in [-0.3, -0.25) is 0 Å². The minimum atomic E-state index is -0.869. The van der Waals surface area contributed by atoms with Gasteiger partial charge in [0.1, 0.15) is 0 Å². The van der Waals surface area contributed by atoms with Crippen LogP contribution in [0.3, 0.4) is 0 Å². The Morgan fingerprint density at radius 1 is 0.545 bits per heavy atom. The van der Waals surface area contributed by atoms with Crippen LogP contribution in [0.2, 0.25) is 0 Å². The Labute approximate surface area is 143 Å². The quantitative estimate of drug-likeness (QED) is 0.545. The number of carboxylic acids is 3. The molecule has 0 atom stereocenters. The molecule has 0 N–H and O–H groups in total. The van der Waals surface area contributed by atoms with Gasteiger partial charge in [-0.25, -0.2) is 0 Å². The number of carbonyl (C=O) groups excluding carboxylic acids is 3. The van der Waals surface area contributed by atoms with E-state index in [9.17, 15) is 29.7 Å². The van der Waals surface area contributed by atoms with Crippen molar-refractivity contribution < 1.29 is 29.7 Å². The maximum absolute atomic E-state index is 9.87. The Morgan fingerprint density at radius 2 is 0.727 bits per heavy atom. The number of carbonyl (C=O) groups is 3. The van der Waals surface area contributed by atoms with Crippen LogP contribution in [0, 0.1) is 17.8 Å². The summed E-state index contributed by atoms with van der Waals surface area (Å²) in [6, 6.07) is 0. The minimum Gasteiger partial charge on any atom is -0.550 e. The molecule has 0 unspecified atom stereocenters. The van der Waals surface area contributed by atoms with Gasteiger partial charge in [0, 0.05) is 17.9 Å². The number of hydrogen-bond donors (Lipinski definition) is 0. The molecule has 0 radical (unpaired) electrons. The molecule has 0 aromatic rings. The molecule has 0 heterocycles. The third kappa shape index (κ3) is 7.35. The molecule has 0 saturated heterocycles. The van der Waals surface area contributed by atoms with Crippen molar-refractivity contribution in [3.63, 3.8) is 0 Å². The van der Waals surface area contributed by atoms with Crippen LogP contribution in [0.25, 0.3) is 0 Å². The molecule has 3 saturated carbocycles. The van der Waals surface area contributed by atoms with Crippen LogP contribution in [0.1, 0.15) is 57.8 Å². The molecule has 3 fully saturated rings. The second-order valence-electron chi connectivity index (χ2n) is 5.84. The molecule has 3 aliphatic carbocycles. The molecule has 6 nitrogen and oxygen atoms in total. The van der Waals surface area contributed by atoms with Crippen molar-refractivity contribution in [2.45, 2.75) is 57.8 Å². The predicted octanol–water partition coefficient (Wildman–Crippen LogP) is -1.77. The van der Waals surface area contributed by atoms with E-state index in [1.807, 2.05) is 0 Å². The third-order valence-corrected chi connectivity index (χ3v) is 4.32. The van der Waals surface area contributed by atoms with Gasteiger partial charge >= 0.3 is 19.8 Å². The zero-order valence-electron chi connectivity index (χ0n) is 12.6. The maximum Gasteiger partial charge on any atom is 3.00 e. The second kappa shape index (κ2) is 10.7. The summed E-state index contributed by atoms with van der Waals surface area (Å²) in [4.78, 5) is 29.6. The molecule has 120 valence electrons. The maximum atomic E-state index is 9.87. The molecule has 0 spiro atoms. The van der Waals surface area contributed by atoms with E-state index >= 15 is 0 Å². The Bertz CT molecular complexity index is 315. The van der Waals surface area contributed by atoms with Crippen molar-refractivity contribution in [2.24, 2.45) is 17.8 Å². The normalized spacial score (nSPS) is 20.2. The average molecular weight is 367 g/mol. The van der Waals surface area contributed by atoms with Gasteiger partial charge in [-0.1, -0.05) is 19.3 Å². The van der Waals surface area contributed by atoms with Crippen LogP contribution in [-0.2, 0) is 14.4 Å². The van der Waals surface area contributed by atoms with Crippen LogP contribution in [0.5, 0.6) is 0 Å². The molecule has 22 heavy (non-hydrogen) atoms. The van der Waals surface area contributed by atoms with Gasteiger partial charge in [-0.2, -0.15) is 0 Å². The molecular formula is C15H21GaO6. The van der Waals surface area contributed by atoms with Crippen molar-refractivity contribution in [1.29, 1.82) is 0 Å². The molecular weight excluding hydrogens is 346 g/mol. The summed E-state index contributed by atoms with van der Waals surface area (Å²) >= 11 is 0. The third-order valence-electron chi connectivity index (χ3n) is 4.32. The van der Waals surface area contributed by atoms with E-state index in [0.29, 0.717) is 0 Å². The number of hydrogen-bond acceptors (Lipinski definition) is 6. The average Bonchev–Trinajstić information content (AvgIpc) is 2.06. The molecule has 0 amide bonds. The number of aliphatic carboxylic acids is 3. The molecule has 0 aliphatic heterocycles. The monoisotopic (exact) mass is 366 g/mol. The van der Waals surface area contributed by atoms with Gasteiger partial charge in [0.25, 0.3) is 0 Å². The summed E-state index contributed by atoms with van der Waals surface area (Å²) in [7, 11) is 0. The number of carboxylic acid groups (broad SMARTS) is 3. The van der Waals surface area contributed by atoms with Crippen molar-refractivity contribution in [1.82, 2.24) is 0 Å². The van der Waals surface area contributed by atoms with Gasteiger partial charge < -0.3 is 29.7 Å². The summed E-state index contributed by atoms with van der Waals surface area (Å²) in [5.74, 6) is -2.94. The molecule has 7 heteroatoms. The van der Waals surface area contributed by atoms with Gasteiger partial charge in [-0.15, -0.1) is 0 Å². The minimum absolute atomic E-state index is 0. The first-order valence-electron chi connectivity index (χ1n) is 7.54. The number of rotatable bonds is 3. The topological polar surface area (TPSA) is 120 Å². The van der Waals surface area contributed by atoms with Crippen LogP contribution in [-0.4, -0.2) is 37.7 Å². The fourth-order valence-corrected chi connectivity index (χ4v) is 1.93. The smallest absolute Gasteiger partial charge is 0.550 e. The summed E-state index contributed by atoms with van der Waals surface area (Å²) in [6.45, 7) is 0. The van der Waals surface area contributed by atoms with Gasteiger partial charge in [-0.05, 0) is 56.3 Å². The molecule has 0 aromatic heterocycles. The summed E-state index contributed by atoms with van der Waals surface area (Å²) in [5.41, 5.74) is 0. The fourth-order valence-electron chi connectivity index (χ4n) is 1.93. The van der Waals surface area contributed by atoms with E-state index in [4.69, 9.17) is 0 Å². The summed E-state index contributed by atoms with van der Waals surface area (Å²) < 4.78 is 0. The zero-order chi connectivity index (χ0) is 15.8. The van der Waals surface area contributed by atoms with E-state index in [0.717, 1.165) is 57.8 Å². The second-order valence-corrected chi connectivity index (χ2v) is 5.84. The van der Waals surface area contributed by atoms with E-state index in [1.54, 1.807) is 0 Å². The van der Waals surface area contributed by atoms with E-state index in [-0.39, 0.29) is 37.5 Å². The Morgan fingerprint density at radius 3 is 0.727 bits per heavy atom. The van der Waals surface area contributed by atoms with Crippen LogP contribution in [0.4, 0.5) is 0 Å². The zero-order valence-corrected chi connectivity index (χ0v) is 15.0. The standard InChI is InChI=1S/3C5H8O2.Ga/c3*6-5(7)4-2-1-3-4;/h3*4H,1-3H2,(H,6,7);/q;;;+3/p-3. The Hall–Kier alpha value is -0.954. The van der Waals surface area contributed by atoms with Gasteiger partial charge in [0.2, 0.25) is 0 Å². The Balaban J connectivity index is 0.000000294. The SMILES string of the molecule is O=C([O-])C1CCC1.O=C([O-])C1CCC1.O=C([O-])C1CCC1.[Ga+3]. The van der Waals surface area contributed by atoms with E-state index in [1.165, 1.54) is 0 Å². The molecule has 0 aromatic carbocycles. The first-order chi connectivity index (χ1) is 9.91. The van der Waals surface area contributed by atoms with Crippen LogP contribution in [0.15, 0.2) is 0 Å². The predicted molar refractivity (Wildman–Crippen MR) is 72.8 cm³/mol. The van der Waals surface area contributed by atoms with Gasteiger partial charge in [0.15, 0.2) is 0 Å². The molecule has 3 rings (SSSR count). The first-order valence-corrected chi connectivity index (χ1v) is 7.54. The van der Waals surface area contributed by atoms with Crippen molar-refractivity contribution in [2.75, 3.05) is 0 Å². The van der Waals surface area contributed by atoms with Crippen molar-refractivity contribution in [3.05, 3.63) is 0 Å².